The minimum Gasteiger partial charge on any atom is -0.490 e. The van der Waals surface area contributed by atoms with Gasteiger partial charge in [0, 0.05) is 42.8 Å². The molecule has 3 heterocycles. The highest BCUT2D eigenvalue weighted by molar-refractivity contribution is 6.04. The number of aryl methyl sites for hydroxylation is 1. The van der Waals surface area contributed by atoms with Crippen LogP contribution in [0.2, 0.25) is 0 Å². The Balaban J connectivity index is 1.27. The molecule has 5 rings (SSSR count). The number of nitrogens with one attached hydrogen (secondary N) is 1. The first kappa shape index (κ1) is 21.1. The summed E-state index contributed by atoms with van der Waals surface area (Å²) in [5.74, 6) is 0.954. The summed E-state index contributed by atoms with van der Waals surface area (Å²) in [7, 11) is 4.01. The van der Waals surface area contributed by atoms with Gasteiger partial charge in [-0.2, -0.15) is 5.10 Å². The number of hydrogen-bond acceptors (Lipinski definition) is 6. The van der Waals surface area contributed by atoms with Gasteiger partial charge in [-0.05, 0) is 67.9 Å². The van der Waals surface area contributed by atoms with Crippen LogP contribution in [0, 0.1) is 0 Å². The summed E-state index contributed by atoms with van der Waals surface area (Å²) in [6.45, 7) is 2.09. The summed E-state index contributed by atoms with van der Waals surface area (Å²) >= 11 is 0. The van der Waals surface area contributed by atoms with E-state index < -0.39 is 0 Å². The second-order valence-electron chi connectivity index (χ2n) is 8.50. The molecule has 0 spiro atoms. The fourth-order valence-electron chi connectivity index (χ4n) is 4.02. The van der Waals surface area contributed by atoms with Gasteiger partial charge in [0.25, 0.3) is 5.91 Å². The number of rotatable bonds is 5. The quantitative estimate of drug-likeness (QED) is 0.507. The predicted molar refractivity (Wildman–Crippen MR) is 127 cm³/mol. The Labute approximate surface area is 192 Å². The van der Waals surface area contributed by atoms with E-state index in [2.05, 4.69) is 32.6 Å². The van der Waals surface area contributed by atoms with Gasteiger partial charge in [-0.1, -0.05) is 6.07 Å². The predicted octanol–water partition coefficient (Wildman–Crippen LogP) is 3.76. The normalized spacial score (nSPS) is 15.0. The number of carbonyl (C=O) groups excluding carboxylic acids is 1. The second-order valence-corrected chi connectivity index (χ2v) is 8.50. The van der Waals surface area contributed by atoms with Gasteiger partial charge >= 0.3 is 0 Å². The van der Waals surface area contributed by atoms with Crippen LogP contribution in [0.5, 0.6) is 5.75 Å². The van der Waals surface area contributed by atoms with Crippen LogP contribution >= 0.6 is 0 Å². The summed E-state index contributed by atoms with van der Waals surface area (Å²) < 4.78 is 7.83. The molecule has 8 nitrogen and oxygen atoms in total. The maximum Gasteiger partial charge on any atom is 0.256 e. The molecule has 1 aliphatic heterocycles. The van der Waals surface area contributed by atoms with E-state index in [4.69, 9.17) is 4.74 Å². The molecule has 1 N–H and O–H groups in total. The number of fused-ring (bicyclic) bond motifs is 1. The molecule has 33 heavy (non-hydrogen) atoms. The van der Waals surface area contributed by atoms with E-state index in [9.17, 15) is 4.79 Å². The molecule has 1 amide bonds. The number of aromatic nitrogens is 4. The lowest BCUT2D eigenvalue weighted by atomic mass is 10.1. The third kappa shape index (κ3) is 4.85. The number of likely N-dealkylation sites (tertiary alicyclic amines) is 1. The first-order chi connectivity index (χ1) is 16.0. The van der Waals surface area contributed by atoms with Gasteiger partial charge in [0.2, 0.25) is 0 Å². The van der Waals surface area contributed by atoms with Crippen LogP contribution in [0.15, 0.2) is 60.9 Å². The Morgan fingerprint density at radius 3 is 2.52 bits per heavy atom. The summed E-state index contributed by atoms with van der Waals surface area (Å²) in [6.07, 6.45) is 6.03. The standard InChI is InChI=1S/C25H26N6O2/c1-30-11-9-22(10-12-30)33-21-6-3-17(4-7-21)25(32)27-24-14-19-13-18(5-8-23(19)28-29-24)20-15-26-31(2)16-20/h3-8,13-16,22H,9-12H2,1-2H3,(H,27,29,32). The van der Waals surface area contributed by atoms with Gasteiger partial charge in [-0.25, -0.2) is 0 Å². The van der Waals surface area contributed by atoms with Crippen molar-refractivity contribution in [2.75, 3.05) is 25.5 Å². The summed E-state index contributed by atoms with van der Waals surface area (Å²) in [4.78, 5) is 15.1. The van der Waals surface area contributed by atoms with E-state index in [-0.39, 0.29) is 12.0 Å². The van der Waals surface area contributed by atoms with Crippen molar-refractivity contribution >= 4 is 22.6 Å². The third-order valence-corrected chi connectivity index (χ3v) is 5.95. The lowest BCUT2D eigenvalue weighted by Crippen LogP contribution is -2.35. The van der Waals surface area contributed by atoms with Crippen molar-refractivity contribution in [2.45, 2.75) is 18.9 Å². The molecule has 0 bridgehead atoms. The Morgan fingerprint density at radius 1 is 1.00 bits per heavy atom. The zero-order valence-corrected chi connectivity index (χ0v) is 18.7. The van der Waals surface area contributed by atoms with E-state index in [0.717, 1.165) is 53.7 Å². The molecule has 1 fully saturated rings. The first-order valence-electron chi connectivity index (χ1n) is 11.1. The Morgan fingerprint density at radius 2 is 1.79 bits per heavy atom. The van der Waals surface area contributed by atoms with Crippen molar-refractivity contribution in [3.8, 4) is 16.9 Å². The molecule has 8 heteroatoms. The van der Waals surface area contributed by atoms with Crippen LogP contribution in [0.1, 0.15) is 23.2 Å². The molecule has 2 aromatic heterocycles. The number of nitrogens with zero attached hydrogens (tertiary/aromatic N) is 5. The van der Waals surface area contributed by atoms with Crippen molar-refractivity contribution in [1.29, 1.82) is 0 Å². The van der Waals surface area contributed by atoms with Crippen molar-refractivity contribution in [1.82, 2.24) is 24.9 Å². The molecule has 0 radical (unpaired) electrons. The molecule has 0 unspecified atom stereocenters. The Hall–Kier alpha value is -3.78. The van der Waals surface area contributed by atoms with Crippen LogP contribution in [0.4, 0.5) is 5.82 Å². The van der Waals surface area contributed by atoms with Crippen LogP contribution in [0.25, 0.3) is 22.0 Å². The van der Waals surface area contributed by atoms with E-state index in [0.29, 0.717) is 11.4 Å². The fourth-order valence-corrected chi connectivity index (χ4v) is 4.02. The maximum absolute atomic E-state index is 12.7. The van der Waals surface area contributed by atoms with E-state index in [1.807, 2.05) is 55.8 Å². The minimum absolute atomic E-state index is 0.227. The summed E-state index contributed by atoms with van der Waals surface area (Å²) in [5.41, 5.74) is 3.35. The molecule has 4 aromatic rings. The van der Waals surface area contributed by atoms with E-state index in [1.165, 1.54) is 0 Å². The van der Waals surface area contributed by atoms with E-state index >= 15 is 0 Å². The van der Waals surface area contributed by atoms with Crippen molar-refractivity contribution in [3.05, 3.63) is 66.5 Å². The Kier molecular flexibility index (Phi) is 5.75. The first-order valence-corrected chi connectivity index (χ1v) is 11.1. The number of ether oxygens (including phenoxy) is 1. The number of carbonyl (C=O) groups is 1. The lowest BCUT2D eigenvalue weighted by molar-refractivity contribution is 0.102. The fraction of sp³-hybridized carbons (Fsp3) is 0.280. The monoisotopic (exact) mass is 442 g/mol. The maximum atomic E-state index is 12.7. The molecule has 0 aliphatic carbocycles. The van der Waals surface area contributed by atoms with Gasteiger partial charge in [0.1, 0.15) is 11.9 Å². The third-order valence-electron chi connectivity index (χ3n) is 5.95. The van der Waals surface area contributed by atoms with Gasteiger partial charge in [0.05, 0.1) is 11.7 Å². The van der Waals surface area contributed by atoms with Gasteiger partial charge in [-0.15, -0.1) is 10.2 Å². The van der Waals surface area contributed by atoms with Gasteiger partial charge < -0.3 is 15.0 Å². The lowest BCUT2D eigenvalue weighted by Gasteiger charge is -2.29. The van der Waals surface area contributed by atoms with Gasteiger partial charge in [-0.3, -0.25) is 9.48 Å². The van der Waals surface area contributed by atoms with E-state index in [1.54, 1.807) is 16.8 Å². The average molecular weight is 443 g/mol. The highest BCUT2D eigenvalue weighted by Gasteiger charge is 2.18. The number of hydrogen-bond donors (Lipinski definition) is 1. The number of anilines is 1. The minimum atomic E-state index is -0.238. The Bertz CT molecular complexity index is 1280. The zero-order chi connectivity index (χ0) is 22.8. The number of benzene rings is 2. The molecular formula is C25H26N6O2. The molecular weight excluding hydrogens is 416 g/mol. The molecule has 1 saturated heterocycles. The van der Waals surface area contributed by atoms with Crippen LogP contribution in [-0.2, 0) is 7.05 Å². The van der Waals surface area contributed by atoms with Gasteiger partial charge in [0.15, 0.2) is 5.82 Å². The zero-order valence-electron chi connectivity index (χ0n) is 18.7. The van der Waals surface area contributed by atoms with Crippen LogP contribution in [0.3, 0.4) is 0 Å². The largest absolute Gasteiger partial charge is 0.490 e. The topological polar surface area (TPSA) is 85.2 Å². The number of amides is 1. The summed E-state index contributed by atoms with van der Waals surface area (Å²) in [6, 6.07) is 15.0. The number of piperidine rings is 1. The smallest absolute Gasteiger partial charge is 0.256 e. The molecule has 168 valence electrons. The SMILES string of the molecule is CN1CCC(Oc2ccc(C(=O)Nc3cc4cc(-c5cnn(C)c5)ccc4nn3)cc2)CC1. The highest BCUT2D eigenvalue weighted by atomic mass is 16.5. The molecule has 0 saturated carbocycles. The molecule has 1 aliphatic rings. The summed E-state index contributed by atoms with van der Waals surface area (Å²) in [5, 5.41) is 16.4. The highest BCUT2D eigenvalue weighted by Crippen LogP contribution is 2.24. The molecule has 2 aromatic carbocycles. The average Bonchev–Trinajstić information content (AvgIpc) is 3.27. The van der Waals surface area contributed by atoms with Crippen LogP contribution < -0.4 is 10.1 Å². The molecule has 0 atom stereocenters. The van der Waals surface area contributed by atoms with Crippen molar-refractivity contribution < 1.29 is 9.53 Å². The van der Waals surface area contributed by atoms with Crippen molar-refractivity contribution in [3.63, 3.8) is 0 Å². The van der Waals surface area contributed by atoms with Crippen LogP contribution in [-0.4, -0.2) is 57.0 Å². The van der Waals surface area contributed by atoms with Crippen molar-refractivity contribution in [2.24, 2.45) is 7.05 Å². The second kappa shape index (κ2) is 8.99.